The van der Waals surface area contributed by atoms with Gasteiger partial charge in [-0.3, -0.25) is 4.90 Å². The van der Waals surface area contributed by atoms with Gasteiger partial charge < -0.3 is 10.0 Å². The van der Waals surface area contributed by atoms with Crippen molar-refractivity contribution in [3.63, 3.8) is 0 Å². The summed E-state index contributed by atoms with van der Waals surface area (Å²) in [7, 11) is 0. The predicted octanol–water partition coefficient (Wildman–Crippen LogP) is 5.12. The van der Waals surface area contributed by atoms with E-state index in [1.54, 1.807) is 24.3 Å². The summed E-state index contributed by atoms with van der Waals surface area (Å²) < 4.78 is 13.5. The van der Waals surface area contributed by atoms with Gasteiger partial charge in [-0.05, 0) is 48.0 Å². The fourth-order valence-corrected chi connectivity index (χ4v) is 4.29. The first-order valence-corrected chi connectivity index (χ1v) is 10.9. The number of nitrogens with zero attached hydrogens (tertiary/aromatic N) is 4. The first kappa shape index (κ1) is 20.7. The molecular formula is C25H22ClFN4O. The molecule has 3 aromatic carbocycles. The van der Waals surface area contributed by atoms with Crippen molar-refractivity contribution in [3.8, 4) is 17.1 Å². The number of anilines is 1. The van der Waals surface area contributed by atoms with E-state index in [1.807, 2.05) is 36.4 Å². The van der Waals surface area contributed by atoms with Gasteiger partial charge in [-0.25, -0.2) is 14.4 Å². The molecule has 0 aliphatic carbocycles. The minimum Gasteiger partial charge on any atom is -0.507 e. The number of halogens is 2. The number of benzene rings is 3. The number of hydrogen-bond donors (Lipinski definition) is 1. The summed E-state index contributed by atoms with van der Waals surface area (Å²) in [5.41, 5.74) is 2.30. The van der Waals surface area contributed by atoms with Crippen molar-refractivity contribution in [2.75, 3.05) is 31.1 Å². The lowest BCUT2D eigenvalue weighted by molar-refractivity contribution is 0.249. The number of fused-ring (bicyclic) bond motifs is 1. The van der Waals surface area contributed by atoms with Crippen molar-refractivity contribution in [2.24, 2.45) is 0 Å². The monoisotopic (exact) mass is 448 g/mol. The number of aromatic nitrogens is 2. The van der Waals surface area contributed by atoms with Gasteiger partial charge in [0, 0.05) is 43.1 Å². The maximum Gasteiger partial charge on any atom is 0.165 e. The molecule has 5 rings (SSSR count). The van der Waals surface area contributed by atoms with Gasteiger partial charge in [-0.2, -0.15) is 0 Å². The minimum atomic E-state index is -0.205. The summed E-state index contributed by atoms with van der Waals surface area (Å²) in [5, 5.41) is 11.9. The summed E-state index contributed by atoms with van der Waals surface area (Å²) in [4.78, 5) is 14.1. The summed E-state index contributed by atoms with van der Waals surface area (Å²) >= 11 is 6.24. The Labute approximate surface area is 190 Å². The van der Waals surface area contributed by atoms with Gasteiger partial charge >= 0.3 is 0 Å². The van der Waals surface area contributed by atoms with Crippen LogP contribution in [0.4, 0.5) is 10.2 Å². The van der Waals surface area contributed by atoms with Crippen LogP contribution in [0.5, 0.6) is 5.75 Å². The number of para-hydroxylation sites is 1. The number of rotatable bonds is 4. The van der Waals surface area contributed by atoms with E-state index in [0.717, 1.165) is 55.0 Å². The Morgan fingerprint density at radius 2 is 1.72 bits per heavy atom. The Morgan fingerprint density at radius 3 is 2.50 bits per heavy atom. The Bertz CT molecular complexity index is 1270. The molecule has 0 atom stereocenters. The first-order chi connectivity index (χ1) is 15.6. The van der Waals surface area contributed by atoms with E-state index in [0.29, 0.717) is 16.4 Å². The van der Waals surface area contributed by atoms with Crippen LogP contribution in [0.3, 0.4) is 0 Å². The van der Waals surface area contributed by atoms with Gasteiger partial charge in [-0.1, -0.05) is 35.9 Å². The highest BCUT2D eigenvalue weighted by molar-refractivity contribution is 6.31. The Morgan fingerprint density at radius 1 is 0.906 bits per heavy atom. The average Bonchev–Trinajstić information content (AvgIpc) is 2.79. The van der Waals surface area contributed by atoms with Gasteiger partial charge in [0.25, 0.3) is 0 Å². The zero-order chi connectivity index (χ0) is 22.1. The van der Waals surface area contributed by atoms with Gasteiger partial charge in [0.1, 0.15) is 17.4 Å². The first-order valence-electron chi connectivity index (χ1n) is 10.5. The van der Waals surface area contributed by atoms with Crippen LogP contribution in [0, 0.1) is 5.82 Å². The quantitative estimate of drug-likeness (QED) is 0.469. The fraction of sp³-hybridized carbons (Fsp3) is 0.200. The molecule has 162 valence electrons. The van der Waals surface area contributed by atoms with Crippen molar-refractivity contribution in [1.82, 2.24) is 14.9 Å². The Hall–Kier alpha value is -3.22. The van der Waals surface area contributed by atoms with Crippen LogP contribution in [0.25, 0.3) is 22.3 Å². The second-order valence-electron chi connectivity index (χ2n) is 7.94. The highest BCUT2D eigenvalue weighted by Gasteiger charge is 2.22. The molecule has 0 unspecified atom stereocenters. The molecular weight excluding hydrogens is 427 g/mol. The largest absolute Gasteiger partial charge is 0.507 e. The van der Waals surface area contributed by atoms with E-state index in [9.17, 15) is 9.50 Å². The molecule has 1 aliphatic rings. The molecule has 0 bridgehead atoms. The molecule has 5 nitrogen and oxygen atoms in total. The number of phenols is 1. The average molecular weight is 449 g/mol. The van der Waals surface area contributed by atoms with E-state index >= 15 is 0 Å². The smallest absolute Gasteiger partial charge is 0.165 e. The SMILES string of the molecule is Oc1ccccc1-c1nc(N2CCN(Cc3cccc(F)c3)CC2)c2ccc(Cl)cc2n1. The molecule has 1 saturated heterocycles. The molecule has 7 heteroatoms. The molecule has 1 N–H and O–H groups in total. The minimum absolute atomic E-state index is 0.139. The van der Waals surface area contributed by atoms with Crippen LogP contribution in [-0.4, -0.2) is 46.2 Å². The molecule has 1 aliphatic heterocycles. The topological polar surface area (TPSA) is 52.5 Å². The lowest BCUT2D eigenvalue weighted by atomic mass is 10.1. The van der Waals surface area contributed by atoms with Crippen LogP contribution in [-0.2, 0) is 6.54 Å². The van der Waals surface area contributed by atoms with Gasteiger partial charge in [0.2, 0.25) is 0 Å². The third-order valence-corrected chi connectivity index (χ3v) is 5.99. The number of piperazine rings is 1. The van der Waals surface area contributed by atoms with E-state index < -0.39 is 0 Å². The zero-order valence-corrected chi connectivity index (χ0v) is 18.1. The number of phenolic OH excluding ortho intramolecular Hbond substituents is 1. The summed E-state index contributed by atoms with van der Waals surface area (Å²) in [6.45, 7) is 3.95. The van der Waals surface area contributed by atoms with E-state index in [-0.39, 0.29) is 11.6 Å². The lowest BCUT2D eigenvalue weighted by Gasteiger charge is -2.36. The third kappa shape index (κ3) is 4.24. The molecule has 2 heterocycles. The van der Waals surface area contributed by atoms with Crippen LogP contribution in [0.15, 0.2) is 66.7 Å². The second kappa shape index (κ2) is 8.73. The summed E-state index contributed by atoms with van der Waals surface area (Å²) in [6, 6.07) is 19.4. The zero-order valence-electron chi connectivity index (χ0n) is 17.4. The Kier molecular flexibility index (Phi) is 5.64. The van der Waals surface area contributed by atoms with E-state index in [1.165, 1.54) is 6.07 Å². The normalized spacial score (nSPS) is 14.8. The molecule has 0 amide bonds. The maximum absolute atomic E-state index is 13.5. The molecule has 1 fully saturated rings. The highest BCUT2D eigenvalue weighted by atomic mass is 35.5. The lowest BCUT2D eigenvalue weighted by Crippen LogP contribution is -2.46. The number of hydrogen-bond acceptors (Lipinski definition) is 5. The maximum atomic E-state index is 13.5. The van der Waals surface area contributed by atoms with Crippen LogP contribution in [0.2, 0.25) is 5.02 Å². The van der Waals surface area contributed by atoms with Gasteiger partial charge in [-0.15, -0.1) is 0 Å². The number of aromatic hydroxyl groups is 1. The molecule has 4 aromatic rings. The molecule has 32 heavy (non-hydrogen) atoms. The predicted molar refractivity (Wildman–Crippen MR) is 126 cm³/mol. The standard InChI is InChI=1S/C25H22ClFN4O/c26-18-8-9-20-22(15-18)28-24(21-6-1-2-7-23(21)32)29-25(20)31-12-10-30(11-13-31)16-17-4-3-5-19(27)14-17/h1-9,14-15,32H,10-13,16H2. The molecule has 0 radical (unpaired) electrons. The van der Waals surface area contributed by atoms with Crippen molar-refractivity contribution < 1.29 is 9.50 Å². The van der Waals surface area contributed by atoms with Crippen molar-refractivity contribution in [2.45, 2.75) is 6.54 Å². The molecule has 0 saturated carbocycles. The summed E-state index contributed by atoms with van der Waals surface area (Å²) in [5.74, 6) is 1.23. The van der Waals surface area contributed by atoms with Gasteiger partial charge in [0.05, 0.1) is 11.1 Å². The second-order valence-corrected chi connectivity index (χ2v) is 8.38. The van der Waals surface area contributed by atoms with Crippen molar-refractivity contribution >= 4 is 28.3 Å². The Balaban J connectivity index is 1.44. The fourth-order valence-electron chi connectivity index (χ4n) is 4.12. The summed E-state index contributed by atoms with van der Waals surface area (Å²) in [6.07, 6.45) is 0. The highest BCUT2D eigenvalue weighted by Crippen LogP contribution is 2.33. The van der Waals surface area contributed by atoms with Gasteiger partial charge in [0.15, 0.2) is 5.82 Å². The van der Waals surface area contributed by atoms with Crippen LogP contribution < -0.4 is 4.90 Å². The van der Waals surface area contributed by atoms with Crippen LogP contribution in [0.1, 0.15) is 5.56 Å². The molecule has 1 aromatic heterocycles. The van der Waals surface area contributed by atoms with Crippen LogP contribution >= 0.6 is 11.6 Å². The third-order valence-electron chi connectivity index (χ3n) is 5.75. The van der Waals surface area contributed by atoms with Crippen molar-refractivity contribution in [1.29, 1.82) is 0 Å². The molecule has 0 spiro atoms. The van der Waals surface area contributed by atoms with Crippen molar-refractivity contribution in [3.05, 3.63) is 83.1 Å². The van der Waals surface area contributed by atoms with E-state index in [2.05, 4.69) is 14.8 Å². The van der Waals surface area contributed by atoms with E-state index in [4.69, 9.17) is 16.6 Å².